The second-order valence-corrected chi connectivity index (χ2v) is 12.6. The Labute approximate surface area is 279 Å². The van der Waals surface area contributed by atoms with Crippen molar-refractivity contribution in [2.24, 2.45) is 0 Å². The molecular weight excluding hydrogens is 576 g/mol. The van der Waals surface area contributed by atoms with E-state index in [4.69, 9.17) is 18.9 Å². The minimum atomic E-state index is -0.400. The summed E-state index contributed by atoms with van der Waals surface area (Å²) in [5, 5.41) is 0. The maximum absolute atomic E-state index is 12.0. The average Bonchev–Trinajstić information content (AvgIpc) is 3.03. The molecule has 0 unspecified atom stereocenters. The molecule has 6 nitrogen and oxygen atoms in total. The summed E-state index contributed by atoms with van der Waals surface area (Å²) < 4.78 is 23.4. The zero-order valence-electron chi connectivity index (χ0n) is 29.5. The second kappa shape index (κ2) is 25.1. The molecule has 0 atom stereocenters. The molecule has 2 aromatic carbocycles. The molecule has 0 fully saturated rings. The van der Waals surface area contributed by atoms with E-state index in [0.717, 1.165) is 36.8 Å². The van der Waals surface area contributed by atoms with Crippen molar-refractivity contribution in [3.8, 4) is 34.1 Å². The molecule has 0 radical (unpaired) electrons. The van der Waals surface area contributed by atoms with Crippen molar-refractivity contribution in [1.29, 1.82) is 0 Å². The fourth-order valence-electron chi connectivity index (χ4n) is 5.65. The zero-order valence-corrected chi connectivity index (χ0v) is 29.5. The molecule has 2 rings (SSSR count). The third-order valence-corrected chi connectivity index (χ3v) is 8.24. The van der Waals surface area contributed by atoms with Crippen molar-refractivity contribution in [2.75, 3.05) is 13.2 Å². The first-order valence-electron chi connectivity index (χ1n) is 18.4. The fourth-order valence-corrected chi connectivity index (χ4v) is 5.65. The Kier molecular flexibility index (Phi) is 21.4. The Morgan fingerprint density at radius 3 is 1.33 bits per heavy atom. The number of rotatable bonds is 27. The quantitative estimate of drug-likeness (QED) is 0.0551. The van der Waals surface area contributed by atoms with Gasteiger partial charge in [-0.1, -0.05) is 142 Å². The van der Waals surface area contributed by atoms with E-state index in [-0.39, 0.29) is 5.97 Å². The van der Waals surface area contributed by atoms with Gasteiger partial charge in [0.25, 0.3) is 0 Å². The van der Waals surface area contributed by atoms with Crippen molar-refractivity contribution >= 4 is 11.9 Å². The van der Waals surface area contributed by atoms with Crippen molar-refractivity contribution in [2.45, 2.75) is 156 Å². The molecule has 6 heteroatoms. The highest BCUT2D eigenvalue weighted by Crippen LogP contribution is 2.41. The van der Waals surface area contributed by atoms with Gasteiger partial charge in [-0.25, -0.2) is 0 Å². The molecule has 0 spiro atoms. The van der Waals surface area contributed by atoms with Gasteiger partial charge in [-0.3, -0.25) is 9.59 Å². The molecule has 0 amide bonds. The summed E-state index contributed by atoms with van der Waals surface area (Å²) in [4.78, 5) is 23.4. The van der Waals surface area contributed by atoms with Gasteiger partial charge in [0.05, 0.1) is 13.2 Å². The smallest absolute Gasteiger partial charge is 0.308 e. The van der Waals surface area contributed by atoms with E-state index in [1.165, 1.54) is 117 Å². The number of carbonyl (C=O) groups excluding carboxylic acids is 2. The van der Waals surface area contributed by atoms with E-state index in [9.17, 15) is 9.59 Å². The normalized spacial score (nSPS) is 11.0. The van der Waals surface area contributed by atoms with Gasteiger partial charge in [0, 0.05) is 25.5 Å². The van der Waals surface area contributed by atoms with Crippen molar-refractivity contribution in [3.63, 3.8) is 0 Å². The zero-order chi connectivity index (χ0) is 33.2. The first-order valence-corrected chi connectivity index (χ1v) is 18.4. The van der Waals surface area contributed by atoms with Crippen LogP contribution < -0.4 is 18.9 Å². The van der Waals surface area contributed by atoms with Gasteiger partial charge in [-0.2, -0.15) is 0 Å². The van der Waals surface area contributed by atoms with E-state index >= 15 is 0 Å². The van der Waals surface area contributed by atoms with Crippen LogP contribution in [-0.4, -0.2) is 25.2 Å². The molecule has 0 aliphatic heterocycles. The minimum Gasteiger partial charge on any atom is -0.493 e. The van der Waals surface area contributed by atoms with Crippen LogP contribution in [0.3, 0.4) is 0 Å². The lowest BCUT2D eigenvalue weighted by Gasteiger charge is -2.18. The first kappa shape index (κ1) is 39.2. The molecule has 258 valence electrons. The molecule has 0 saturated heterocycles. The Morgan fingerprint density at radius 1 is 0.478 bits per heavy atom. The Hall–Kier alpha value is -3.02. The average molecular weight is 639 g/mol. The van der Waals surface area contributed by atoms with Crippen LogP contribution in [0.5, 0.6) is 23.0 Å². The molecule has 0 N–H and O–H groups in total. The molecule has 0 heterocycles. The minimum absolute atomic E-state index is 0.360. The van der Waals surface area contributed by atoms with Crippen molar-refractivity contribution in [3.05, 3.63) is 36.4 Å². The van der Waals surface area contributed by atoms with Crippen molar-refractivity contribution in [1.82, 2.24) is 0 Å². The number of hydrogen-bond acceptors (Lipinski definition) is 6. The van der Waals surface area contributed by atoms with Crippen LogP contribution in [0.2, 0.25) is 0 Å². The van der Waals surface area contributed by atoms with Gasteiger partial charge < -0.3 is 18.9 Å². The maximum atomic E-state index is 12.0. The largest absolute Gasteiger partial charge is 0.493 e. The van der Waals surface area contributed by atoms with Crippen LogP contribution in [0.1, 0.15) is 156 Å². The number of unbranched alkanes of at least 4 members (excludes halogenated alkanes) is 18. The maximum Gasteiger partial charge on any atom is 0.308 e. The number of carbonyl (C=O) groups is 2. The standard InChI is InChI=1S/C40H62O6/c1-5-7-9-11-13-15-17-19-21-23-29-43-38-32-40(46-34(4)42)39(44-30-24-22-20-18-16-14-12-10-8-6-2)31-37(38)35-25-27-36(28-26-35)45-33(3)41/h25-28,31-32H,5-24,29-30H2,1-4H3. The molecule has 0 aliphatic rings. The van der Waals surface area contributed by atoms with Crippen LogP contribution in [-0.2, 0) is 9.59 Å². The summed E-state index contributed by atoms with van der Waals surface area (Å²) >= 11 is 0. The molecule has 0 aromatic heterocycles. The van der Waals surface area contributed by atoms with E-state index < -0.39 is 5.97 Å². The lowest BCUT2D eigenvalue weighted by atomic mass is 10.0. The summed E-state index contributed by atoms with van der Waals surface area (Å²) in [6, 6.07) is 11.0. The Morgan fingerprint density at radius 2 is 0.891 bits per heavy atom. The van der Waals surface area contributed by atoms with Gasteiger partial charge in [-0.15, -0.1) is 0 Å². The first-order chi connectivity index (χ1) is 22.4. The fraction of sp³-hybridized carbons (Fsp3) is 0.650. The van der Waals surface area contributed by atoms with Crippen LogP contribution >= 0.6 is 0 Å². The third-order valence-electron chi connectivity index (χ3n) is 8.24. The predicted octanol–water partition coefficient (Wildman–Crippen LogP) is 11.8. The summed E-state index contributed by atoms with van der Waals surface area (Å²) in [7, 11) is 0. The Balaban J connectivity index is 2.01. The predicted molar refractivity (Wildman–Crippen MR) is 189 cm³/mol. The summed E-state index contributed by atoms with van der Waals surface area (Å²) in [6.45, 7) is 8.43. The van der Waals surface area contributed by atoms with Crippen LogP contribution in [0.4, 0.5) is 0 Å². The monoisotopic (exact) mass is 638 g/mol. The Bertz CT molecular complexity index is 1090. The lowest BCUT2D eigenvalue weighted by Crippen LogP contribution is -2.07. The molecule has 0 bridgehead atoms. The van der Waals surface area contributed by atoms with Gasteiger partial charge >= 0.3 is 11.9 Å². The van der Waals surface area contributed by atoms with Gasteiger partial charge in [0.1, 0.15) is 11.5 Å². The molecule has 46 heavy (non-hydrogen) atoms. The van der Waals surface area contributed by atoms with Crippen LogP contribution in [0, 0.1) is 0 Å². The summed E-state index contributed by atoms with van der Waals surface area (Å²) in [5.41, 5.74) is 1.74. The number of benzene rings is 2. The topological polar surface area (TPSA) is 71.1 Å². The molecular formula is C40H62O6. The van der Waals surface area contributed by atoms with E-state index in [1.54, 1.807) is 18.2 Å². The highest BCUT2D eigenvalue weighted by atomic mass is 16.6. The molecule has 2 aromatic rings. The number of esters is 2. The van der Waals surface area contributed by atoms with E-state index in [1.807, 2.05) is 18.2 Å². The number of hydrogen-bond donors (Lipinski definition) is 0. The van der Waals surface area contributed by atoms with Gasteiger partial charge in [0.15, 0.2) is 11.5 Å². The SMILES string of the molecule is CCCCCCCCCCCCOc1cc(-c2ccc(OC(C)=O)cc2)c(OCCCCCCCCCCCC)cc1OC(C)=O. The van der Waals surface area contributed by atoms with E-state index in [0.29, 0.717) is 36.2 Å². The van der Waals surface area contributed by atoms with Crippen LogP contribution in [0.15, 0.2) is 36.4 Å². The van der Waals surface area contributed by atoms with Crippen LogP contribution in [0.25, 0.3) is 11.1 Å². The summed E-state index contributed by atoms with van der Waals surface area (Å²) in [6.07, 6.45) is 25.1. The highest BCUT2D eigenvalue weighted by Gasteiger charge is 2.17. The number of ether oxygens (including phenoxy) is 4. The van der Waals surface area contributed by atoms with Crippen molar-refractivity contribution < 1.29 is 28.5 Å². The van der Waals surface area contributed by atoms with E-state index in [2.05, 4.69) is 13.8 Å². The third kappa shape index (κ3) is 17.6. The second-order valence-electron chi connectivity index (χ2n) is 12.6. The van der Waals surface area contributed by atoms with Gasteiger partial charge in [-0.05, 0) is 36.6 Å². The lowest BCUT2D eigenvalue weighted by molar-refractivity contribution is -0.132. The molecule has 0 saturated carbocycles. The summed E-state index contributed by atoms with van der Waals surface area (Å²) in [5.74, 6) is 1.26. The molecule has 0 aliphatic carbocycles. The highest BCUT2D eigenvalue weighted by molar-refractivity contribution is 5.77. The van der Waals surface area contributed by atoms with Gasteiger partial charge in [0.2, 0.25) is 0 Å².